The predicted molar refractivity (Wildman–Crippen MR) is 116 cm³/mol. The number of aldehydes is 1. The Morgan fingerprint density at radius 2 is 2.03 bits per heavy atom. The van der Waals surface area contributed by atoms with Gasteiger partial charge in [0.1, 0.15) is 12.1 Å². The summed E-state index contributed by atoms with van der Waals surface area (Å²) in [4.78, 5) is 28.5. The third-order valence-corrected chi connectivity index (χ3v) is 6.71. The van der Waals surface area contributed by atoms with Crippen LogP contribution >= 0.6 is 0 Å². The standard InChI is InChI=1S/C22H24F2N6O3/c23-13-5-15(20(32)17(24)6-13)18-7-19-21(28-27-18)26-8-14-10-29(3-4-30(14)19)22(33)16-9-25-2-1-12(16)11-31/h5-7,11-12,14,16,25,32H,1-4,8-10H2,(H,26,28). The summed E-state index contributed by atoms with van der Waals surface area (Å²) in [6.07, 6.45) is 1.55. The molecule has 3 atom stereocenters. The Kier molecular flexibility index (Phi) is 5.57. The van der Waals surface area contributed by atoms with Gasteiger partial charge in [0.15, 0.2) is 17.4 Å². The first-order valence-corrected chi connectivity index (χ1v) is 11.0. The van der Waals surface area contributed by atoms with Gasteiger partial charge in [-0.2, -0.15) is 0 Å². The summed E-state index contributed by atoms with van der Waals surface area (Å²) in [5.74, 6) is -2.68. The van der Waals surface area contributed by atoms with Gasteiger partial charge in [0.05, 0.1) is 23.3 Å². The van der Waals surface area contributed by atoms with Crippen molar-refractivity contribution in [2.24, 2.45) is 11.8 Å². The minimum atomic E-state index is -1.07. The summed E-state index contributed by atoms with van der Waals surface area (Å²) in [7, 11) is 0. The zero-order valence-corrected chi connectivity index (χ0v) is 17.8. The van der Waals surface area contributed by atoms with Crippen molar-refractivity contribution in [1.29, 1.82) is 0 Å². The molecular formula is C22H24F2N6O3. The molecule has 0 radical (unpaired) electrons. The van der Waals surface area contributed by atoms with Crippen molar-refractivity contribution < 1.29 is 23.5 Å². The highest BCUT2D eigenvalue weighted by Crippen LogP contribution is 2.37. The first-order chi connectivity index (χ1) is 16.0. The van der Waals surface area contributed by atoms with E-state index in [-0.39, 0.29) is 35.0 Å². The van der Waals surface area contributed by atoms with Crippen LogP contribution in [0.25, 0.3) is 11.3 Å². The molecule has 4 heterocycles. The largest absolute Gasteiger partial charge is 0.504 e. The molecule has 33 heavy (non-hydrogen) atoms. The summed E-state index contributed by atoms with van der Waals surface area (Å²) in [5, 5.41) is 24.6. The molecule has 3 N–H and O–H groups in total. The number of aromatic hydroxyl groups is 1. The molecule has 0 aliphatic carbocycles. The van der Waals surface area contributed by atoms with E-state index in [0.29, 0.717) is 56.7 Å². The second kappa shape index (κ2) is 8.54. The molecule has 9 nitrogen and oxygen atoms in total. The van der Waals surface area contributed by atoms with E-state index in [9.17, 15) is 23.5 Å². The van der Waals surface area contributed by atoms with Crippen LogP contribution in [0.4, 0.5) is 20.3 Å². The summed E-state index contributed by atoms with van der Waals surface area (Å²) in [5.41, 5.74) is 0.758. The number of aromatic nitrogens is 2. The molecule has 2 fully saturated rings. The molecule has 3 aliphatic heterocycles. The van der Waals surface area contributed by atoms with Crippen LogP contribution in [-0.2, 0) is 9.59 Å². The van der Waals surface area contributed by atoms with E-state index < -0.39 is 17.4 Å². The van der Waals surface area contributed by atoms with Gasteiger partial charge >= 0.3 is 0 Å². The van der Waals surface area contributed by atoms with Crippen LogP contribution in [0.2, 0.25) is 0 Å². The number of hydrogen-bond donors (Lipinski definition) is 3. The third kappa shape index (κ3) is 3.86. The number of rotatable bonds is 3. The number of fused-ring (bicyclic) bond motifs is 3. The van der Waals surface area contributed by atoms with Crippen molar-refractivity contribution in [3.05, 3.63) is 29.8 Å². The number of benzene rings is 1. The van der Waals surface area contributed by atoms with E-state index in [1.165, 1.54) is 0 Å². The maximum atomic E-state index is 13.8. The first-order valence-electron chi connectivity index (χ1n) is 11.0. The van der Waals surface area contributed by atoms with Crippen LogP contribution in [0.1, 0.15) is 6.42 Å². The minimum absolute atomic E-state index is 0.0153. The van der Waals surface area contributed by atoms with Crippen LogP contribution in [0.5, 0.6) is 5.75 Å². The van der Waals surface area contributed by atoms with Crippen LogP contribution in [0.3, 0.4) is 0 Å². The average molecular weight is 458 g/mol. The number of phenols is 1. The average Bonchev–Trinajstić information content (AvgIpc) is 2.85. The van der Waals surface area contributed by atoms with Crippen molar-refractivity contribution in [3.63, 3.8) is 0 Å². The number of phenolic OH excluding ortho intramolecular Hbond substituents is 1. The molecule has 11 heteroatoms. The van der Waals surface area contributed by atoms with Crippen molar-refractivity contribution in [3.8, 4) is 17.0 Å². The number of carbonyl (C=O) groups excluding carboxylic acids is 2. The van der Waals surface area contributed by atoms with Crippen molar-refractivity contribution in [2.75, 3.05) is 49.5 Å². The van der Waals surface area contributed by atoms with Gasteiger partial charge in [0, 0.05) is 50.3 Å². The number of piperazine rings is 1. The maximum absolute atomic E-state index is 13.8. The van der Waals surface area contributed by atoms with E-state index in [4.69, 9.17) is 0 Å². The van der Waals surface area contributed by atoms with E-state index in [0.717, 1.165) is 18.9 Å². The van der Waals surface area contributed by atoms with Crippen molar-refractivity contribution >= 4 is 23.7 Å². The lowest BCUT2D eigenvalue weighted by Crippen LogP contribution is -2.61. The number of hydrogen-bond acceptors (Lipinski definition) is 8. The fourth-order valence-electron chi connectivity index (χ4n) is 4.93. The fraction of sp³-hybridized carbons (Fsp3) is 0.455. The molecule has 5 rings (SSSR count). The second-order valence-electron chi connectivity index (χ2n) is 8.66. The van der Waals surface area contributed by atoms with E-state index in [1.54, 1.807) is 6.07 Å². The maximum Gasteiger partial charge on any atom is 0.227 e. The molecule has 2 saturated heterocycles. The highest BCUT2D eigenvalue weighted by molar-refractivity contribution is 5.83. The molecule has 2 aromatic rings. The van der Waals surface area contributed by atoms with E-state index >= 15 is 0 Å². The van der Waals surface area contributed by atoms with Gasteiger partial charge in [0.25, 0.3) is 0 Å². The van der Waals surface area contributed by atoms with Crippen LogP contribution in [0, 0.1) is 23.5 Å². The van der Waals surface area contributed by atoms with Gasteiger partial charge in [-0.3, -0.25) is 4.79 Å². The molecule has 1 amide bonds. The smallest absolute Gasteiger partial charge is 0.227 e. The zero-order valence-electron chi connectivity index (χ0n) is 17.8. The summed E-state index contributed by atoms with van der Waals surface area (Å²) in [6.45, 7) is 3.27. The second-order valence-corrected chi connectivity index (χ2v) is 8.66. The Balaban J connectivity index is 1.38. The summed E-state index contributed by atoms with van der Waals surface area (Å²) < 4.78 is 27.6. The minimum Gasteiger partial charge on any atom is -0.504 e. The van der Waals surface area contributed by atoms with Gasteiger partial charge < -0.3 is 30.3 Å². The molecular weight excluding hydrogens is 434 g/mol. The summed E-state index contributed by atoms with van der Waals surface area (Å²) in [6, 6.07) is 3.22. The Bertz CT molecular complexity index is 1100. The molecule has 0 saturated carbocycles. The number of anilines is 2. The molecule has 3 aliphatic rings. The molecule has 174 valence electrons. The number of nitrogens with zero attached hydrogens (tertiary/aromatic N) is 4. The van der Waals surface area contributed by atoms with Crippen LogP contribution in [0.15, 0.2) is 18.2 Å². The number of halogens is 2. The molecule has 3 unspecified atom stereocenters. The SMILES string of the molecule is O=CC1CCNCC1C(=O)N1CCN2c3cc(-c4cc(F)cc(F)c4O)nnc3NCC2C1. The first kappa shape index (κ1) is 21.5. The Morgan fingerprint density at radius 3 is 2.85 bits per heavy atom. The van der Waals surface area contributed by atoms with Gasteiger partial charge in [-0.15, -0.1) is 10.2 Å². The highest BCUT2D eigenvalue weighted by Gasteiger charge is 2.39. The van der Waals surface area contributed by atoms with Crippen molar-refractivity contribution in [2.45, 2.75) is 12.5 Å². The Hall–Kier alpha value is -3.34. The quantitative estimate of drug-likeness (QED) is 0.585. The molecule has 1 aromatic heterocycles. The topological polar surface area (TPSA) is 111 Å². The highest BCUT2D eigenvalue weighted by atomic mass is 19.1. The van der Waals surface area contributed by atoms with E-state index in [2.05, 4.69) is 25.7 Å². The van der Waals surface area contributed by atoms with Crippen molar-refractivity contribution in [1.82, 2.24) is 20.4 Å². The summed E-state index contributed by atoms with van der Waals surface area (Å²) >= 11 is 0. The lowest BCUT2D eigenvalue weighted by atomic mass is 9.86. The van der Waals surface area contributed by atoms with E-state index in [1.807, 2.05) is 4.90 Å². The van der Waals surface area contributed by atoms with Crippen LogP contribution in [-0.4, -0.2) is 77.7 Å². The van der Waals surface area contributed by atoms with Gasteiger partial charge in [0.2, 0.25) is 5.91 Å². The number of piperidine rings is 1. The third-order valence-electron chi connectivity index (χ3n) is 6.71. The molecule has 0 spiro atoms. The van der Waals surface area contributed by atoms with Gasteiger partial charge in [-0.1, -0.05) is 0 Å². The zero-order chi connectivity index (χ0) is 23.1. The monoisotopic (exact) mass is 458 g/mol. The Labute approximate surface area is 188 Å². The molecule has 1 aromatic carbocycles. The number of carbonyl (C=O) groups is 2. The van der Waals surface area contributed by atoms with Crippen LogP contribution < -0.4 is 15.5 Å². The fourth-order valence-corrected chi connectivity index (χ4v) is 4.93. The molecule has 0 bridgehead atoms. The van der Waals surface area contributed by atoms with Gasteiger partial charge in [-0.25, -0.2) is 8.78 Å². The van der Waals surface area contributed by atoms with Gasteiger partial charge in [-0.05, 0) is 25.1 Å². The lowest BCUT2D eigenvalue weighted by Gasteiger charge is -2.46. The predicted octanol–water partition coefficient (Wildman–Crippen LogP) is 0.995. The lowest BCUT2D eigenvalue weighted by molar-refractivity contribution is -0.140. The normalized spacial score (nSPS) is 24.5. The number of nitrogens with one attached hydrogen (secondary N) is 2. The number of amides is 1. The Morgan fingerprint density at radius 1 is 1.18 bits per heavy atom.